The lowest BCUT2D eigenvalue weighted by atomic mass is 10.0. The molecule has 0 spiro atoms. The molecule has 5 nitrogen and oxygen atoms in total. The van der Waals surface area contributed by atoms with E-state index in [4.69, 9.17) is 0 Å². The van der Waals surface area contributed by atoms with Crippen molar-refractivity contribution in [3.8, 4) is 0 Å². The van der Waals surface area contributed by atoms with Crippen LogP contribution in [0.15, 0.2) is 36.2 Å². The van der Waals surface area contributed by atoms with Crippen LogP contribution in [0.5, 0.6) is 0 Å². The summed E-state index contributed by atoms with van der Waals surface area (Å²) in [5.41, 5.74) is 1.68. The van der Waals surface area contributed by atoms with Gasteiger partial charge in [0.05, 0.1) is 5.56 Å². The van der Waals surface area contributed by atoms with Gasteiger partial charge in [0.25, 0.3) is 5.91 Å². The fourth-order valence-corrected chi connectivity index (χ4v) is 2.25. The predicted octanol–water partition coefficient (Wildman–Crippen LogP) is 1.97. The van der Waals surface area contributed by atoms with E-state index in [1.54, 1.807) is 40.4 Å². The summed E-state index contributed by atoms with van der Waals surface area (Å²) in [6.07, 6.45) is 4.94. The van der Waals surface area contributed by atoms with Crippen LogP contribution in [0.4, 0.5) is 0 Å². The van der Waals surface area contributed by atoms with Gasteiger partial charge in [-0.15, -0.1) is 0 Å². The van der Waals surface area contributed by atoms with Crippen molar-refractivity contribution in [3.63, 3.8) is 0 Å². The first kappa shape index (κ1) is 16.2. The van der Waals surface area contributed by atoms with Gasteiger partial charge in [-0.3, -0.25) is 14.6 Å². The molecular formula is C17H23N3O2. The summed E-state index contributed by atoms with van der Waals surface area (Å²) < 4.78 is 0. The molecule has 1 aromatic rings. The number of carbonyl (C=O) groups is 2. The third-order valence-corrected chi connectivity index (χ3v) is 4.05. The zero-order valence-corrected chi connectivity index (χ0v) is 13.5. The van der Waals surface area contributed by atoms with Gasteiger partial charge < -0.3 is 9.80 Å². The molecule has 0 unspecified atom stereocenters. The molecule has 0 bridgehead atoms. The molecule has 0 radical (unpaired) electrons. The maximum absolute atomic E-state index is 12.3. The SMILES string of the molecule is C/C(=C\C(=O)N1CCN(C(=O)c2cccnc2)CC1)C(C)C. The van der Waals surface area contributed by atoms with E-state index in [0.29, 0.717) is 37.7 Å². The number of nitrogens with zero attached hydrogens (tertiary/aromatic N) is 3. The fraction of sp³-hybridized carbons (Fsp3) is 0.471. The molecule has 1 aliphatic rings. The fourth-order valence-electron chi connectivity index (χ4n) is 2.25. The number of pyridine rings is 1. The minimum atomic E-state index is -0.0193. The highest BCUT2D eigenvalue weighted by molar-refractivity contribution is 5.94. The van der Waals surface area contributed by atoms with E-state index in [1.807, 2.05) is 6.92 Å². The lowest BCUT2D eigenvalue weighted by molar-refractivity contribution is -0.127. The summed E-state index contributed by atoms with van der Waals surface area (Å²) >= 11 is 0. The second-order valence-electron chi connectivity index (χ2n) is 5.90. The van der Waals surface area contributed by atoms with Gasteiger partial charge in [-0.25, -0.2) is 0 Å². The Bertz CT molecular complexity index is 559. The Balaban J connectivity index is 1.92. The summed E-state index contributed by atoms with van der Waals surface area (Å²) in [4.78, 5) is 32.1. The van der Waals surface area contributed by atoms with Crippen molar-refractivity contribution < 1.29 is 9.59 Å². The first-order valence-corrected chi connectivity index (χ1v) is 7.65. The lowest BCUT2D eigenvalue weighted by Gasteiger charge is -2.34. The Kier molecular flexibility index (Phi) is 5.31. The molecule has 5 heteroatoms. The van der Waals surface area contributed by atoms with E-state index >= 15 is 0 Å². The van der Waals surface area contributed by atoms with Crippen molar-refractivity contribution >= 4 is 11.8 Å². The maximum Gasteiger partial charge on any atom is 0.255 e. The molecule has 118 valence electrons. The average molecular weight is 301 g/mol. The highest BCUT2D eigenvalue weighted by Crippen LogP contribution is 2.11. The monoisotopic (exact) mass is 301 g/mol. The van der Waals surface area contributed by atoms with Crippen LogP contribution in [0.2, 0.25) is 0 Å². The van der Waals surface area contributed by atoms with Gasteiger partial charge in [0.1, 0.15) is 0 Å². The molecule has 0 N–H and O–H groups in total. The number of aromatic nitrogens is 1. The minimum absolute atomic E-state index is 0.0193. The third-order valence-electron chi connectivity index (χ3n) is 4.05. The summed E-state index contributed by atoms with van der Waals surface area (Å²) in [5, 5.41) is 0. The highest BCUT2D eigenvalue weighted by atomic mass is 16.2. The van der Waals surface area contributed by atoms with Crippen molar-refractivity contribution in [2.24, 2.45) is 5.92 Å². The summed E-state index contributed by atoms with van der Waals surface area (Å²) in [7, 11) is 0. The molecule has 0 aliphatic carbocycles. The molecular weight excluding hydrogens is 278 g/mol. The molecule has 2 heterocycles. The van der Waals surface area contributed by atoms with Crippen LogP contribution in [0.3, 0.4) is 0 Å². The first-order chi connectivity index (χ1) is 10.5. The van der Waals surface area contributed by atoms with Crippen molar-refractivity contribution in [1.29, 1.82) is 0 Å². The Morgan fingerprint density at radius 3 is 2.36 bits per heavy atom. The van der Waals surface area contributed by atoms with E-state index in [2.05, 4.69) is 18.8 Å². The van der Waals surface area contributed by atoms with E-state index in [9.17, 15) is 9.59 Å². The zero-order valence-electron chi connectivity index (χ0n) is 13.5. The Morgan fingerprint density at radius 1 is 1.18 bits per heavy atom. The summed E-state index contributed by atoms with van der Waals surface area (Å²) in [6.45, 7) is 8.40. The number of piperazine rings is 1. The number of hydrogen-bond donors (Lipinski definition) is 0. The van der Waals surface area contributed by atoms with Crippen LogP contribution >= 0.6 is 0 Å². The molecule has 1 fully saturated rings. The second-order valence-corrected chi connectivity index (χ2v) is 5.90. The van der Waals surface area contributed by atoms with Crippen LogP contribution in [-0.2, 0) is 4.79 Å². The second kappa shape index (κ2) is 7.20. The number of hydrogen-bond acceptors (Lipinski definition) is 3. The number of rotatable bonds is 3. The molecule has 1 aliphatic heterocycles. The van der Waals surface area contributed by atoms with Gasteiger partial charge in [-0.1, -0.05) is 19.4 Å². The lowest BCUT2D eigenvalue weighted by Crippen LogP contribution is -2.50. The highest BCUT2D eigenvalue weighted by Gasteiger charge is 2.24. The van der Waals surface area contributed by atoms with Gasteiger partial charge in [0.15, 0.2) is 0 Å². The van der Waals surface area contributed by atoms with Crippen LogP contribution < -0.4 is 0 Å². The topological polar surface area (TPSA) is 53.5 Å². The average Bonchev–Trinajstić information content (AvgIpc) is 2.55. The van der Waals surface area contributed by atoms with E-state index in [1.165, 1.54) is 0 Å². The van der Waals surface area contributed by atoms with Crippen molar-refractivity contribution in [1.82, 2.24) is 14.8 Å². The van der Waals surface area contributed by atoms with E-state index in [0.717, 1.165) is 5.57 Å². The van der Waals surface area contributed by atoms with Gasteiger partial charge in [-0.05, 0) is 25.0 Å². The molecule has 2 amide bonds. The van der Waals surface area contributed by atoms with E-state index < -0.39 is 0 Å². The van der Waals surface area contributed by atoms with Gasteiger partial charge in [0, 0.05) is 44.6 Å². The molecule has 22 heavy (non-hydrogen) atoms. The molecule has 2 rings (SSSR count). The van der Waals surface area contributed by atoms with Gasteiger partial charge >= 0.3 is 0 Å². The third kappa shape index (κ3) is 3.93. The summed E-state index contributed by atoms with van der Waals surface area (Å²) in [5.74, 6) is 0.395. The van der Waals surface area contributed by atoms with E-state index in [-0.39, 0.29) is 11.8 Å². The summed E-state index contributed by atoms with van der Waals surface area (Å²) in [6, 6.07) is 3.52. The Labute approximate surface area is 131 Å². The van der Waals surface area contributed by atoms with Crippen LogP contribution in [0.1, 0.15) is 31.1 Å². The standard InChI is InChI=1S/C17H23N3O2/c1-13(2)14(3)11-16(21)19-7-9-20(10-8-19)17(22)15-5-4-6-18-12-15/h4-6,11-13H,7-10H2,1-3H3/b14-11+. The number of allylic oxidation sites excluding steroid dienone is 1. The quantitative estimate of drug-likeness (QED) is 0.802. The predicted molar refractivity (Wildman–Crippen MR) is 85.3 cm³/mol. The number of carbonyl (C=O) groups excluding carboxylic acids is 2. The largest absolute Gasteiger partial charge is 0.336 e. The Morgan fingerprint density at radius 2 is 1.82 bits per heavy atom. The van der Waals surface area contributed by atoms with Crippen LogP contribution in [0.25, 0.3) is 0 Å². The maximum atomic E-state index is 12.3. The van der Waals surface area contributed by atoms with Gasteiger partial charge in [-0.2, -0.15) is 0 Å². The molecule has 1 saturated heterocycles. The van der Waals surface area contributed by atoms with Crippen molar-refractivity contribution in [2.75, 3.05) is 26.2 Å². The molecule has 1 aromatic heterocycles. The normalized spacial score (nSPS) is 16.1. The molecule has 0 aromatic carbocycles. The first-order valence-electron chi connectivity index (χ1n) is 7.65. The molecule has 0 saturated carbocycles. The number of amides is 2. The Hall–Kier alpha value is -2.17. The minimum Gasteiger partial charge on any atom is -0.336 e. The smallest absolute Gasteiger partial charge is 0.255 e. The molecule has 0 atom stereocenters. The van der Waals surface area contributed by atoms with Crippen LogP contribution in [-0.4, -0.2) is 52.8 Å². The van der Waals surface area contributed by atoms with Crippen LogP contribution in [0, 0.1) is 5.92 Å². The zero-order chi connectivity index (χ0) is 16.1. The van der Waals surface area contributed by atoms with Crippen molar-refractivity contribution in [3.05, 3.63) is 41.7 Å². The van der Waals surface area contributed by atoms with Gasteiger partial charge in [0.2, 0.25) is 5.91 Å². The van der Waals surface area contributed by atoms with Crippen molar-refractivity contribution in [2.45, 2.75) is 20.8 Å².